The van der Waals surface area contributed by atoms with Crippen molar-refractivity contribution in [2.24, 2.45) is 0 Å². The highest BCUT2D eigenvalue weighted by molar-refractivity contribution is 5.98. The fourth-order valence-electron chi connectivity index (χ4n) is 3.76. The molecule has 0 bridgehead atoms. The van der Waals surface area contributed by atoms with Crippen LogP contribution < -0.4 is 10.6 Å². The Morgan fingerprint density at radius 2 is 1.83 bits per heavy atom. The normalized spacial score (nSPS) is 11.6. The summed E-state index contributed by atoms with van der Waals surface area (Å²) < 4.78 is 6.29. The third-order valence-electron chi connectivity index (χ3n) is 5.48. The molecule has 0 fully saturated rings. The zero-order valence-corrected chi connectivity index (χ0v) is 19.8. The predicted molar refractivity (Wildman–Crippen MR) is 129 cm³/mol. The number of amides is 2. The molecule has 1 unspecified atom stereocenters. The van der Waals surface area contributed by atoms with Crippen molar-refractivity contribution in [2.75, 3.05) is 20.3 Å². The molecule has 2 aromatic carbocycles. The summed E-state index contributed by atoms with van der Waals surface area (Å²) in [4.78, 5) is 52.0. The number of ether oxygens (including phenoxy) is 1. The number of carboxylic acids is 1. The molecular weight excluding hydrogens is 468 g/mol. The molecule has 0 aliphatic rings. The van der Waals surface area contributed by atoms with Crippen molar-refractivity contribution in [1.82, 2.24) is 20.2 Å². The predicted octanol–water partition coefficient (Wildman–Crippen LogP) is 1.20. The molecule has 4 N–H and O–H groups in total. The number of carboxylic acid groups (broad SMARTS) is 1. The minimum absolute atomic E-state index is 0.189. The largest absolute Gasteiger partial charge is 0.481 e. The first-order valence-electron chi connectivity index (χ1n) is 11.3. The van der Waals surface area contributed by atoms with E-state index in [1.165, 1.54) is 7.11 Å². The van der Waals surface area contributed by atoms with E-state index in [2.05, 4.69) is 20.4 Å². The standard InChI is InChI=1S/C25H28N4O7/c1-36-23(34)15-26-25(35)17-7-8-20-18(14-17)28-24(29(20)11-12-30)19(13-16-5-3-2-4-6-16)27-21(31)9-10-22(32)33/h2-8,14,19,30H,9-13,15H2,1H3,(H,26,35)(H,27,31)(H,32,33). The van der Waals surface area contributed by atoms with Gasteiger partial charge in [-0.2, -0.15) is 0 Å². The van der Waals surface area contributed by atoms with Gasteiger partial charge in [-0.1, -0.05) is 30.3 Å². The maximum Gasteiger partial charge on any atom is 0.325 e. The van der Waals surface area contributed by atoms with Crippen molar-refractivity contribution in [3.63, 3.8) is 0 Å². The third kappa shape index (κ3) is 6.89. The molecule has 2 amide bonds. The molecule has 0 radical (unpaired) electrons. The molecule has 0 aliphatic heterocycles. The van der Waals surface area contributed by atoms with Gasteiger partial charge in [-0.05, 0) is 30.2 Å². The van der Waals surface area contributed by atoms with Crippen molar-refractivity contribution in [1.29, 1.82) is 0 Å². The number of aliphatic hydroxyl groups is 1. The smallest absolute Gasteiger partial charge is 0.325 e. The van der Waals surface area contributed by atoms with E-state index < -0.39 is 29.8 Å². The van der Waals surface area contributed by atoms with Crippen LogP contribution in [0.4, 0.5) is 0 Å². The Hall–Kier alpha value is -4.25. The number of aliphatic carboxylic acids is 1. The van der Waals surface area contributed by atoms with E-state index in [-0.39, 0.29) is 38.1 Å². The van der Waals surface area contributed by atoms with E-state index in [9.17, 15) is 24.3 Å². The number of fused-ring (bicyclic) bond motifs is 1. The lowest BCUT2D eigenvalue weighted by atomic mass is 10.0. The van der Waals surface area contributed by atoms with Gasteiger partial charge in [0.15, 0.2) is 0 Å². The fraction of sp³-hybridized carbons (Fsp3) is 0.320. The van der Waals surface area contributed by atoms with Crippen molar-refractivity contribution in [2.45, 2.75) is 31.8 Å². The molecule has 0 saturated carbocycles. The number of hydrogen-bond acceptors (Lipinski definition) is 7. The van der Waals surface area contributed by atoms with Crippen molar-refractivity contribution >= 4 is 34.8 Å². The van der Waals surface area contributed by atoms with Gasteiger partial charge in [0, 0.05) is 18.5 Å². The van der Waals surface area contributed by atoms with Crippen LogP contribution in [0.15, 0.2) is 48.5 Å². The molecule has 1 heterocycles. The number of benzene rings is 2. The Labute approximate surface area is 207 Å². The minimum atomic E-state index is -1.07. The van der Waals surface area contributed by atoms with Gasteiger partial charge in [-0.15, -0.1) is 0 Å². The topological polar surface area (TPSA) is 160 Å². The first kappa shape index (κ1) is 26.4. The van der Waals surface area contributed by atoms with Crippen LogP contribution >= 0.6 is 0 Å². The number of esters is 1. The monoisotopic (exact) mass is 496 g/mol. The summed E-state index contributed by atoms with van der Waals surface area (Å²) in [5.41, 5.74) is 2.30. The van der Waals surface area contributed by atoms with Crippen LogP contribution in [0.3, 0.4) is 0 Å². The zero-order chi connectivity index (χ0) is 26.1. The first-order valence-corrected chi connectivity index (χ1v) is 11.3. The van der Waals surface area contributed by atoms with Crippen LogP contribution in [0.2, 0.25) is 0 Å². The van der Waals surface area contributed by atoms with Gasteiger partial charge < -0.3 is 30.2 Å². The van der Waals surface area contributed by atoms with Crippen LogP contribution in [0, 0.1) is 0 Å². The van der Waals surface area contributed by atoms with E-state index in [0.29, 0.717) is 23.3 Å². The third-order valence-corrected chi connectivity index (χ3v) is 5.48. The molecule has 1 atom stereocenters. The van der Waals surface area contributed by atoms with Crippen LogP contribution in [0.1, 0.15) is 40.6 Å². The highest BCUT2D eigenvalue weighted by atomic mass is 16.5. The maximum absolute atomic E-state index is 12.5. The van der Waals surface area contributed by atoms with E-state index in [1.54, 1.807) is 22.8 Å². The fourth-order valence-corrected chi connectivity index (χ4v) is 3.76. The molecule has 36 heavy (non-hydrogen) atoms. The highest BCUT2D eigenvalue weighted by Crippen LogP contribution is 2.25. The number of aliphatic hydroxyl groups excluding tert-OH is 1. The van der Waals surface area contributed by atoms with Crippen molar-refractivity contribution in [3.8, 4) is 0 Å². The van der Waals surface area contributed by atoms with Gasteiger partial charge in [0.2, 0.25) is 5.91 Å². The number of nitrogens with zero attached hydrogens (tertiary/aromatic N) is 2. The summed E-state index contributed by atoms with van der Waals surface area (Å²) in [6, 6.07) is 13.6. The second-order valence-corrected chi connectivity index (χ2v) is 8.01. The highest BCUT2D eigenvalue weighted by Gasteiger charge is 2.23. The number of aromatic nitrogens is 2. The molecule has 3 rings (SSSR count). The lowest BCUT2D eigenvalue weighted by Gasteiger charge is -2.20. The second kappa shape index (κ2) is 12.5. The molecule has 190 valence electrons. The Bertz CT molecular complexity index is 1240. The number of carbonyl (C=O) groups is 4. The van der Waals surface area contributed by atoms with Gasteiger partial charge in [0.05, 0.1) is 37.2 Å². The second-order valence-electron chi connectivity index (χ2n) is 8.01. The summed E-state index contributed by atoms with van der Waals surface area (Å²) in [6.45, 7) is -0.278. The van der Waals surface area contributed by atoms with Crippen LogP contribution in [0.25, 0.3) is 11.0 Å². The van der Waals surface area contributed by atoms with Gasteiger partial charge in [0.1, 0.15) is 12.4 Å². The van der Waals surface area contributed by atoms with E-state index in [4.69, 9.17) is 5.11 Å². The average Bonchev–Trinajstić information content (AvgIpc) is 3.23. The van der Waals surface area contributed by atoms with Gasteiger partial charge in [0.25, 0.3) is 5.91 Å². The Kier molecular flexibility index (Phi) is 9.12. The number of imidazole rings is 1. The molecule has 0 saturated heterocycles. The van der Waals surface area contributed by atoms with E-state index >= 15 is 0 Å². The van der Waals surface area contributed by atoms with Crippen LogP contribution in [-0.2, 0) is 32.1 Å². The molecule has 11 nitrogen and oxygen atoms in total. The summed E-state index contributed by atoms with van der Waals surface area (Å²) >= 11 is 0. The van der Waals surface area contributed by atoms with E-state index in [1.807, 2.05) is 30.3 Å². The average molecular weight is 497 g/mol. The zero-order valence-electron chi connectivity index (χ0n) is 19.8. The maximum atomic E-state index is 12.5. The quantitative estimate of drug-likeness (QED) is 0.272. The Balaban J connectivity index is 1.97. The summed E-state index contributed by atoms with van der Waals surface area (Å²) in [6.07, 6.45) is -0.118. The van der Waals surface area contributed by atoms with Gasteiger partial charge >= 0.3 is 11.9 Å². The van der Waals surface area contributed by atoms with Crippen LogP contribution in [0.5, 0.6) is 0 Å². The van der Waals surface area contributed by atoms with Crippen molar-refractivity contribution in [3.05, 3.63) is 65.5 Å². The summed E-state index contributed by atoms with van der Waals surface area (Å²) in [5, 5.41) is 24.0. The molecule has 11 heteroatoms. The van der Waals surface area contributed by atoms with Gasteiger partial charge in [-0.25, -0.2) is 4.98 Å². The van der Waals surface area contributed by atoms with Crippen molar-refractivity contribution < 1.29 is 34.1 Å². The first-order chi connectivity index (χ1) is 17.3. The number of rotatable bonds is 12. The Morgan fingerprint density at radius 3 is 2.50 bits per heavy atom. The number of methoxy groups -OCH3 is 1. The van der Waals surface area contributed by atoms with E-state index in [0.717, 1.165) is 5.56 Å². The molecular formula is C25H28N4O7. The minimum Gasteiger partial charge on any atom is -0.481 e. The lowest BCUT2D eigenvalue weighted by molar-refractivity contribution is -0.139. The number of nitrogens with one attached hydrogen (secondary N) is 2. The number of carbonyl (C=O) groups excluding carboxylic acids is 3. The summed E-state index contributed by atoms with van der Waals surface area (Å²) in [7, 11) is 1.22. The molecule has 0 spiro atoms. The number of hydrogen-bond donors (Lipinski definition) is 4. The van der Waals surface area contributed by atoms with Gasteiger partial charge in [-0.3, -0.25) is 19.2 Å². The molecule has 3 aromatic rings. The molecule has 1 aromatic heterocycles. The van der Waals surface area contributed by atoms with Crippen LogP contribution in [-0.4, -0.2) is 63.8 Å². The summed E-state index contributed by atoms with van der Waals surface area (Å²) in [5.74, 6) is -2.12. The molecule has 0 aliphatic carbocycles. The Morgan fingerprint density at radius 1 is 1.08 bits per heavy atom. The lowest BCUT2D eigenvalue weighted by Crippen LogP contribution is -2.32. The SMILES string of the molecule is COC(=O)CNC(=O)c1ccc2c(c1)nc(C(Cc1ccccc1)NC(=O)CCC(=O)O)n2CCO.